The minimum atomic E-state index is -1.31. The number of nitrogens with zero attached hydrogens (tertiary/aromatic N) is 3. The molecule has 7 aromatic rings. The van der Waals surface area contributed by atoms with Gasteiger partial charge in [0, 0.05) is 43.2 Å². The first-order valence-corrected chi connectivity index (χ1v) is 21.7. The van der Waals surface area contributed by atoms with Crippen molar-refractivity contribution in [3.63, 3.8) is 0 Å². The Bertz CT molecular complexity index is 3150. The third-order valence-electron chi connectivity index (χ3n) is 12.3. The molecule has 0 atom stereocenters. The number of carbonyl (C=O) groups excluding carboxylic acids is 6. The number of halogens is 3. The van der Waals surface area contributed by atoms with E-state index in [1.54, 1.807) is 54.6 Å². The minimum Gasteiger partial charge on any atom is -0.293 e. The molecule has 1 saturated carbocycles. The van der Waals surface area contributed by atoms with E-state index in [9.17, 15) is 28.8 Å². The van der Waals surface area contributed by atoms with Gasteiger partial charge in [-0.3, -0.25) is 33.7 Å². The zero-order chi connectivity index (χ0) is 42.0. The van der Waals surface area contributed by atoms with Crippen molar-refractivity contribution in [2.75, 3.05) is 4.90 Å². The van der Waals surface area contributed by atoms with E-state index < -0.39 is 41.1 Å². The van der Waals surface area contributed by atoms with E-state index in [0.29, 0.717) is 32.4 Å². The Morgan fingerprint density at radius 3 is 1.82 bits per heavy atom. The first-order chi connectivity index (χ1) is 29.5. The second kappa shape index (κ2) is 14.1. The summed E-state index contributed by atoms with van der Waals surface area (Å²) < 4.78 is 0. The minimum absolute atomic E-state index is 0.0209. The van der Waals surface area contributed by atoms with Crippen LogP contribution in [0.1, 0.15) is 105 Å². The number of amides is 4. The molecule has 2 aliphatic heterocycles. The van der Waals surface area contributed by atoms with E-state index in [2.05, 4.69) is 0 Å². The number of thioether (sulfide) groups is 1. The lowest BCUT2D eigenvalue weighted by Crippen LogP contribution is -2.39. The van der Waals surface area contributed by atoms with E-state index in [1.165, 1.54) is 17.8 Å². The lowest BCUT2D eigenvalue weighted by atomic mass is 9.93. The molecule has 13 heteroatoms. The highest BCUT2D eigenvalue weighted by Gasteiger charge is 2.45. The molecule has 1 aromatic heterocycles. The predicted octanol–water partition coefficient (Wildman–Crippen LogP) is 11.3. The lowest BCUT2D eigenvalue weighted by Gasteiger charge is -2.28. The van der Waals surface area contributed by atoms with Crippen molar-refractivity contribution in [1.82, 2.24) is 9.88 Å². The lowest BCUT2D eigenvalue weighted by molar-refractivity contribution is 0.0597. The molecule has 3 heterocycles. The normalized spacial score (nSPS) is 16.6. The number of rotatable bonds is 6. The molecule has 0 saturated heterocycles. The van der Waals surface area contributed by atoms with Gasteiger partial charge >= 0.3 is 0 Å². The second-order valence-corrected chi connectivity index (χ2v) is 18.1. The molecule has 2 aliphatic carbocycles. The van der Waals surface area contributed by atoms with Gasteiger partial charge in [-0.1, -0.05) is 108 Å². The maximum Gasteiger partial charge on any atom is 0.267 e. The number of benzene rings is 6. The quantitative estimate of drug-likeness (QED) is 0.0919. The Kier molecular flexibility index (Phi) is 8.78. The molecule has 61 heavy (non-hydrogen) atoms. The van der Waals surface area contributed by atoms with Crippen LogP contribution in [-0.2, 0) is 6.54 Å². The molecule has 1 fully saturated rings. The largest absolute Gasteiger partial charge is 0.293 e. The van der Waals surface area contributed by atoms with Gasteiger partial charge in [0.25, 0.3) is 23.6 Å². The highest BCUT2D eigenvalue weighted by molar-refractivity contribution is 8.00. The van der Waals surface area contributed by atoms with Crippen LogP contribution >= 0.6 is 46.6 Å². The number of hydrogen-bond donors (Lipinski definition) is 0. The number of fused-ring (bicyclic) bond motifs is 4. The number of pyridine rings is 1. The molecule has 0 radical (unpaired) electrons. The number of Topliss-reactive ketones (excluding diaryl/α,β-unsaturated/α-hetero) is 2. The number of imide groups is 2. The highest BCUT2D eigenvalue weighted by Crippen LogP contribution is 2.50. The summed E-state index contributed by atoms with van der Waals surface area (Å²) in [6.45, 7) is -0.198. The van der Waals surface area contributed by atoms with Crippen LogP contribution in [-0.4, -0.2) is 50.3 Å². The molecule has 9 nitrogen and oxygen atoms in total. The van der Waals surface area contributed by atoms with Crippen molar-refractivity contribution in [1.29, 1.82) is 0 Å². The van der Waals surface area contributed by atoms with E-state index in [4.69, 9.17) is 39.8 Å². The van der Waals surface area contributed by atoms with Crippen LogP contribution in [0.2, 0.25) is 15.1 Å². The Hall–Kier alpha value is -5.91. The Morgan fingerprint density at radius 1 is 0.607 bits per heavy atom. The monoisotopic (exact) mass is 879 g/mol. The van der Waals surface area contributed by atoms with Crippen molar-refractivity contribution >= 4 is 120 Å². The Morgan fingerprint density at radius 2 is 1.20 bits per heavy atom. The molecule has 298 valence electrons. The molecule has 0 unspecified atom stereocenters. The molecule has 0 bridgehead atoms. The van der Waals surface area contributed by atoms with Crippen LogP contribution in [0, 0.1) is 0 Å². The second-order valence-electron chi connectivity index (χ2n) is 15.7. The summed E-state index contributed by atoms with van der Waals surface area (Å²) in [7, 11) is 0. The van der Waals surface area contributed by atoms with E-state index >= 15 is 0 Å². The number of aromatic nitrogens is 1. The smallest absolute Gasteiger partial charge is 0.267 e. The summed E-state index contributed by atoms with van der Waals surface area (Å²) >= 11 is 22.0. The predicted molar refractivity (Wildman–Crippen MR) is 236 cm³/mol. The van der Waals surface area contributed by atoms with Crippen molar-refractivity contribution in [2.45, 2.75) is 48.3 Å². The molecule has 11 rings (SSSR count). The molecular formula is C48H28Cl3N3O6S. The first kappa shape index (κ1) is 38.0. The van der Waals surface area contributed by atoms with E-state index in [0.717, 1.165) is 51.6 Å². The summed E-state index contributed by atoms with van der Waals surface area (Å²) in [5.74, 6) is -4.70. The fourth-order valence-electron chi connectivity index (χ4n) is 9.35. The SMILES string of the molecule is O=C1c2cc3ccccc3cc2C(=O)C1c1ccc2c(CN3C(=O)c4cccc5cccc(c45)C3=O)ccc(N3C(=O)c4c(Cl)c(Cl)c(SC5CCCC5)c(Cl)c4C3=O)c2n1. The van der Waals surface area contributed by atoms with Gasteiger partial charge in [0.2, 0.25) is 0 Å². The molecule has 4 amide bonds. The van der Waals surface area contributed by atoms with Crippen molar-refractivity contribution < 1.29 is 28.8 Å². The van der Waals surface area contributed by atoms with E-state index in [-0.39, 0.29) is 66.0 Å². The summed E-state index contributed by atoms with van der Waals surface area (Å²) in [5.41, 5.74) is 1.71. The summed E-state index contributed by atoms with van der Waals surface area (Å²) in [6.07, 6.45) is 4.00. The van der Waals surface area contributed by atoms with Gasteiger partial charge < -0.3 is 0 Å². The maximum atomic E-state index is 14.6. The van der Waals surface area contributed by atoms with Gasteiger partial charge in [-0.2, -0.15) is 0 Å². The van der Waals surface area contributed by atoms with Crippen LogP contribution in [0.3, 0.4) is 0 Å². The van der Waals surface area contributed by atoms with Crippen molar-refractivity contribution in [2.24, 2.45) is 0 Å². The zero-order valence-corrected chi connectivity index (χ0v) is 34.8. The zero-order valence-electron chi connectivity index (χ0n) is 31.8. The molecular weight excluding hydrogens is 853 g/mol. The van der Waals surface area contributed by atoms with Gasteiger partial charge in [-0.15, -0.1) is 11.8 Å². The van der Waals surface area contributed by atoms with Gasteiger partial charge in [0.1, 0.15) is 5.92 Å². The van der Waals surface area contributed by atoms with Gasteiger partial charge in [0.05, 0.1) is 49.6 Å². The third-order valence-corrected chi connectivity index (χ3v) is 15.2. The highest BCUT2D eigenvalue weighted by atomic mass is 35.5. The number of carbonyl (C=O) groups is 6. The average molecular weight is 881 g/mol. The fraction of sp³-hybridized carbons (Fsp3) is 0.146. The maximum absolute atomic E-state index is 14.6. The summed E-state index contributed by atoms with van der Waals surface area (Å²) in [4.78, 5) is 92.9. The standard InChI is InChI=1S/C48H28Cl3N3O6S/c49-38-36-37(39(50)44(40(38)51)61-26-11-3-4-12-26)48(60)54(47(36)59)33-18-15-25(21-53-45(57)28-13-5-9-22-10-6-14-29(34(22)28)46(53)58)27-16-17-32(52-41(27)33)35-42(55)30-19-23-7-1-2-8-24(23)20-31(30)43(35)56/h1-2,5-10,13-20,26,35H,3-4,11-12,21H2. The summed E-state index contributed by atoms with van der Waals surface area (Å²) in [5, 5.41) is 3.55. The number of anilines is 1. The molecule has 6 aromatic carbocycles. The van der Waals surface area contributed by atoms with Gasteiger partial charge in [-0.25, -0.2) is 9.88 Å². The van der Waals surface area contributed by atoms with Crippen LogP contribution in [0.25, 0.3) is 32.4 Å². The van der Waals surface area contributed by atoms with Crippen molar-refractivity contribution in [3.8, 4) is 0 Å². The van der Waals surface area contributed by atoms with Crippen LogP contribution in [0.4, 0.5) is 5.69 Å². The Labute approximate surface area is 366 Å². The number of hydrogen-bond acceptors (Lipinski definition) is 8. The summed E-state index contributed by atoms with van der Waals surface area (Å²) in [6, 6.07) is 27.7. The van der Waals surface area contributed by atoms with Crippen LogP contribution < -0.4 is 4.90 Å². The molecule has 4 aliphatic rings. The first-order valence-electron chi connectivity index (χ1n) is 19.7. The van der Waals surface area contributed by atoms with Gasteiger partial charge in [0.15, 0.2) is 11.6 Å². The average Bonchev–Trinajstić information content (AvgIpc) is 3.95. The Balaban J connectivity index is 1.05. The van der Waals surface area contributed by atoms with Crippen molar-refractivity contribution in [3.05, 3.63) is 157 Å². The molecule has 0 N–H and O–H groups in total. The topological polar surface area (TPSA) is 122 Å². The fourth-order valence-corrected chi connectivity index (χ4v) is 11.8. The number of ketones is 2. The van der Waals surface area contributed by atoms with E-state index in [1.807, 2.05) is 36.4 Å². The van der Waals surface area contributed by atoms with Crippen LogP contribution in [0.5, 0.6) is 0 Å². The van der Waals surface area contributed by atoms with Gasteiger partial charge in [-0.05, 0) is 71.0 Å². The van der Waals surface area contributed by atoms with Crippen LogP contribution in [0.15, 0.2) is 102 Å². The third kappa shape index (κ3) is 5.59. The molecule has 0 spiro atoms.